The van der Waals surface area contributed by atoms with Gasteiger partial charge in [-0.2, -0.15) is 0 Å². The number of ether oxygens (including phenoxy) is 1. The maximum absolute atomic E-state index is 13.3. The van der Waals surface area contributed by atoms with E-state index in [-0.39, 0.29) is 12.2 Å². The summed E-state index contributed by atoms with van der Waals surface area (Å²) >= 11 is 1.05. The van der Waals surface area contributed by atoms with Crippen LogP contribution in [0.1, 0.15) is 5.56 Å². The number of thioether (sulfide) groups is 1. The Balaban J connectivity index is 1.65. The number of carbonyl (C=O) groups is 2. The van der Waals surface area contributed by atoms with E-state index in [1.54, 1.807) is 6.20 Å². The summed E-state index contributed by atoms with van der Waals surface area (Å²) in [4.78, 5) is 27.9. The Hall–Kier alpha value is -2.87. The summed E-state index contributed by atoms with van der Waals surface area (Å²) in [6, 6.07) is 10.2. The average molecular weight is 404 g/mol. The second kappa shape index (κ2) is 8.88. The van der Waals surface area contributed by atoms with Crippen molar-refractivity contribution >= 4 is 34.5 Å². The predicted molar refractivity (Wildman–Crippen MR) is 103 cm³/mol. The van der Waals surface area contributed by atoms with Gasteiger partial charge >= 0.3 is 5.97 Å². The third-order valence-corrected chi connectivity index (χ3v) is 5.17. The summed E-state index contributed by atoms with van der Waals surface area (Å²) in [6.45, 7) is 0. The molecule has 1 heterocycles. The topological polar surface area (TPSA) is 71.2 Å². The summed E-state index contributed by atoms with van der Waals surface area (Å²) < 4.78 is 31.0. The molecule has 8 heteroatoms. The lowest BCUT2D eigenvalue weighted by atomic mass is 10.0. The minimum atomic E-state index is -0.975. The number of esters is 1. The molecule has 5 nitrogen and oxygen atoms in total. The lowest BCUT2D eigenvalue weighted by molar-refractivity contribution is -0.144. The summed E-state index contributed by atoms with van der Waals surface area (Å²) in [6.07, 6.45) is 2.06. The highest BCUT2D eigenvalue weighted by Crippen LogP contribution is 2.21. The number of fused-ring (bicyclic) bond motifs is 1. The van der Waals surface area contributed by atoms with E-state index < -0.39 is 29.6 Å². The number of hydrogen-bond acceptors (Lipinski definition) is 4. The summed E-state index contributed by atoms with van der Waals surface area (Å²) in [5.74, 6) is -2.94. The van der Waals surface area contributed by atoms with Crippen LogP contribution in [-0.2, 0) is 20.7 Å². The van der Waals surface area contributed by atoms with Gasteiger partial charge < -0.3 is 15.0 Å². The monoisotopic (exact) mass is 404 g/mol. The number of para-hydroxylation sites is 1. The molecule has 0 bridgehead atoms. The summed E-state index contributed by atoms with van der Waals surface area (Å²) in [5, 5.41) is 3.61. The van der Waals surface area contributed by atoms with Gasteiger partial charge in [0.05, 0.1) is 12.9 Å². The van der Waals surface area contributed by atoms with Gasteiger partial charge in [0, 0.05) is 28.4 Å². The van der Waals surface area contributed by atoms with Crippen molar-refractivity contribution in [3.63, 3.8) is 0 Å². The molecule has 2 aromatic carbocycles. The standard InChI is InChI=1S/C20H18F2N2O3S/c1-27-20(26)18(8-12-10-23-17-5-3-2-4-14(12)17)24-19(25)11-28-13-6-7-15(21)16(22)9-13/h2-7,9-10,18,23H,8,11H2,1H3,(H,24,25). The van der Waals surface area contributed by atoms with E-state index in [1.807, 2.05) is 24.3 Å². The van der Waals surface area contributed by atoms with Crippen molar-refractivity contribution in [2.45, 2.75) is 17.4 Å². The molecule has 0 spiro atoms. The van der Waals surface area contributed by atoms with Crippen LogP contribution in [0, 0.1) is 11.6 Å². The quantitative estimate of drug-likeness (QED) is 0.468. The number of benzene rings is 2. The Morgan fingerprint density at radius 3 is 2.71 bits per heavy atom. The van der Waals surface area contributed by atoms with Crippen LogP contribution in [0.3, 0.4) is 0 Å². The maximum atomic E-state index is 13.3. The Labute approximate surface area is 164 Å². The zero-order valence-corrected chi connectivity index (χ0v) is 15.8. The number of carbonyl (C=O) groups excluding carboxylic acids is 2. The highest BCUT2D eigenvalue weighted by molar-refractivity contribution is 8.00. The zero-order valence-electron chi connectivity index (χ0n) is 15.0. The fraction of sp³-hybridized carbons (Fsp3) is 0.200. The van der Waals surface area contributed by atoms with Crippen LogP contribution in [0.2, 0.25) is 0 Å². The second-order valence-corrected chi connectivity index (χ2v) is 7.12. The first-order chi connectivity index (χ1) is 13.5. The molecule has 1 amide bonds. The third kappa shape index (κ3) is 4.69. The van der Waals surface area contributed by atoms with Crippen molar-refractivity contribution in [1.82, 2.24) is 10.3 Å². The highest BCUT2D eigenvalue weighted by atomic mass is 32.2. The maximum Gasteiger partial charge on any atom is 0.328 e. The smallest absolute Gasteiger partial charge is 0.328 e. The van der Waals surface area contributed by atoms with Crippen molar-refractivity contribution in [2.75, 3.05) is 12.9 Å². The zero-order chi connectivity index (χ0) is 20.1. The van der Waals surface area contributed by atoms with E-state index in [1.165, 1.54) is 13.2 Å². The molecule has 2 N–H and O–H groups in total. The molecule has 0 aliphatic heterocycles. The molecule has 0 radical (unpaired) electrons. The first-order valence-electron chi connectivity index (χ1n) is 8.48. The highest BCUT2D eigenvalue weighted by Gasteiger charge is 2.23. The van der Waals surface area contributed by atoms with Crippen molar-refractivity contribution in [2.24, 2.45) is 0 Å². The number of nitrogens with one attached hydrogen (secondary N) is 2. The van der Waals surface area contributed by atoms with Gasteiger partial charge in [-0.15, -0.1) is 11.8 Å². The van der Waals surface area contributed by atoms with Crippen LogP contribution in [0.5, 0.6) is 0 Å². The number of aromatic amines is 1. The van der Waals surface area contributed by atoms with Gasteiger partial charge in [-0.3, -0.25) is 4.79 Å². The molecule has 0 saturated carbocycles. The molecule has 0 aliphatic rings. The van der Waals surface area contributed by atoms with Gasteiger partial charge in [-0.05, 0) is 29.8 Å². The molecular weight excluding hydrogens is 386 g/mol. The molecule has 3 rings (SSSR count). The van der Waals surface area contributed by atoms with Crippen molar-refractivity contribution < 1.29 is 23.1 Å². The fourth-order valence-corrected chi connectivity index (χ4v) is 3.54. The lowest BCUT2D eigenvalue weighted by Crippen LogP contribution is -2.43. The number of hydrogen-bond donors (Lipinski definition) is 2. The van der Waals surface area contributed by atoms with Crippen molar-refractivity contribution in [1.29, 1.82) is 0 Å². The minimum Gasteiger partial charge on any atom is -0.467 e. The SMILES string of the molecule is COC(=O)C(Cc1c[nH]c2ccccc12)NC(=O)CSc1ccc(F)c(F)c1. The molecular formula is C20H18F2N2O3S. The lowest BCUT2D eigenvalue weighted by Gasteiger charge is -2.16. The van der Waals surface area contributed by atoms with E-state index in [0.717, 1.165) is 40.4 Å². The molecule has 1 atom stereocenters. The first kappa shape index (κ1) is 19.9. The van der Waals surface area contributed by atoms with Gasteiger partial charge in [0.2, 0.25) is 5.91 Å². The normalized spacial score (nSPS) is 12.0. The Morgan fingerprint density at radius 1 is 1.18 bits per heavy atom. The van der Waals surface area contributed by atoms with Crippen LogP contribution >= 0.6 is 11.8 Å². The molecule has 0 aliphatic carbocycles. The first-order valence-corrected chi connectivity index (χ1v) is 9.46. The molecule has 0 fully saturated rings. The number of rotatable bonds is 7. The van der Waals surface area contributed by atoms with Gasteiger partial charge in [-0.25, -0.2) is 13.6 Å². The summed E-state index contributed by atoms with van der Waals surface area (Å²) in [7, 11) is 1.26. The Bertz CT molecular complexity index is 1010. The average Bonchev–Trinajstić information content (AvgIpc) is 3.11. The van der Waals surface area contributed by atoms with E-state index in [0.29, 0.717) is 4.90 Å². The van der Waals surface area contributed by atoms with Gasteiger partial charge in [0.25, 0.3) is 0 Å². The molecule has 1 aromatic heterocycles. The molecule has 3 aromatic rings. The number of aromatic nitrogens is 1. The molecule has 0 saturated heterocycles. The number of halogens is 2. The van der Waals surface area contributed by atoms with Gasteiger partial charge in [0.15, 0.2) is 11.6 Å². The van der Waals surface area contributed by atoms with Crippen LogP contribution in [0.25, 0.3) is 10.9 Å². The number of methoxy groups -OCH3 is 1. The van der Waals surface area contributed by atoms with Crippen LogP contribution in [0.4, 0.5) is 8.78 Å². The van der Waals surface area contributed by atoms with Crippen molar-refractivity contribution in [3.8, 4) is 0 Å². The van der Waals surface area contributed by atoms with E-state index in [9.17, 15) is 18.4 Å². The second-order valence-electron chi connectivity index (χ2n) is 6.07. The van der Waals surface area contributed by atoms with E-state index in [2.05, 4.69) is 10.3 Å². The van der Waals surface area contributed by atoms with Crippen LogP contribution in [0.15, 0.2) is 53.6 Å². The minimum absolute atomic E-state index is 0.0492. The Morgan fingerprint density at radius 2 is 1.96 bits per heavy atom. The number of H-pyrrole nitrogens is 1. The largest absolute Gasteiger partial charge is 0.467 e. The van der Waals surface area contributed by atoms with E-state index >= 15 is 0 Å². The summed E-state index contributed by atoms with van der Waals surface area (Å²) in [5.41, 5.74) is 1.81. The number of amides is 1. The third-order valence-electron chi connectivity index (χ3n) is 4.18. The van der Waals surface area contributed by atoms with Gasteiger partial charge in [0.1, 0.15) is 6.04 Å². The molecule has 146 valence electrons. The molecule has 28 heavy (non-hydrogen) atoms. The Kier molecular flexibility index (Phi) is 6.30. The predicted octanol–water partition coefficient (Wildman–Crippen LogP) is 3.44. The van der Waals surface area contributed by atoms with Crippen LogP contribution in [-0.4, -0.2) is 35.8 Å². The van der Waals surface area contributed by atoms with Crippen molar-refractivity contribution in [3.05, 3.63) is 65.9 Å². The van der Waals surface area contributed by atoms with E-state index in [4.69, 9.17) is 4.74 Å². The molecule has 1 unspecified atom stereocenters. The fourth-order valence-electron chi connectivity index (χ4n) is 2.81. The van der Waals surface area contributed by atoms with Crippen LogP contribution < -0.4 is 5.32 Å². The van der Waals surface area contributed by atoms with Gasteiger partial charge in [-0.1, -0.05) is 18.2 Å².